The smallest absolute Gasteiger partial charge is 0.254 e. The summed E-state index contributed by atoms with van der Waals surface area (Å²) < 4.78 is 0.789. The third-order valence-corrected chi connectivity index (χ3v) is 3.52. The van der Waals surface area contributed by atoms with Crippen molar-refractivity contribution >= 4 is 39.1 Å². The molecule has 0 fully saturated rings. The Balaban J connectivity index is 2.16. The Morgan fingerprint density at radius 2 is 2.05 bits per heavy atom. The molecule has 0 atom stereocenters. The van der Waals surface area contributed by atoms with Gasteiger partial charge in [0.15, 0.2) is 0 Å². The van der Waals surface area contributed by atoms with Crippen LogP contribution in [-0.2, 0) is 6.54 Å². The molecule has 0 radical (unpaired) electrons. The van der Waals surface area contributed by atoms with Gasteiger partial charge in [-0.3, -0.25) is 4.79 Å². The zero-order valence-electron chi connectivity index (χ0n) is 10.9. The van der Waals surface area contributed by atoms with Crippen LogP contribution in [0.1, 0.15) is 15.9 Å². The molecule has 2 aromatic carbocycles. The van der Waals surface area contributed by atoms with Crippen molar-refractivity contribution in [3.8, 4) is 0 Å². The van der Waals surface area contributed by atoms with Crippen LogP contribution in [0.2, 0.25) is 5.02 Å². The van der Waals surface area contributed by atoms with Gasteiger partial charge in [0.2, 0.25) is 0 Å². The molecule has 0 bridgehead atoms. The van der Waals surface area contributed by atoms with Crippen molar-refractivity contribution < 1.29 is 4.79 Å². The molecule has 0 saturated carbocycles. The van der Waals surface area contributed by atoms with Gasteiger partial charge in [-0.05, 0) is 35.9 Å². The topological polar surface area (TPSA) is 46.3 Å². The maximum Gasteiger partial charge on any atom is 0.254 e. The molecule has 2 rings (SSSR count). The van der Waals surface area contributed by atoms with E-state index in [4.69, 9.17) is 17.3 Å². The van der Waals surface area contributed by atoms with Crippen molar-refractivity contribution in [3.63, 3.8) is 0 Å². The summed E-state index contributed by atoms with van der Waals surface area (Å²) in [5, 5.41) is 0.662. The first-order valence-electron chi connectivity index (χ1n) is 6.01. The van der Waals surface area contributed by atoms with Gasteiger partial charge in [-0.25, -0.2) is 0 Å². The number of benzene rings is 2. The minimum Gasteiger partial charge on any atom is -0.399 e. The van der Waals surface area contributed by atoms with Crippen LogP contribution in [0, 0.1) is 0 Å². The normalized spacial score (nSPS) is 10.3. The molecule has 0 aliphatic rings. The molecule has 3 nitrogen and oxygen atoms in total. The Hall–Kier alpha value is -1.52. The highest BCUT2D eigenvalue weighted by Gasteiger charge is 2.13. The van der Waals surface area contributed by atoms with Crippen LogP contribution in [0.3, 0.4) is 0 Å². The standard InChI is InChI=1S/C15H14BrClN2O/c1-19(9-10-3-2-4-13(17)5-10)15(20)11-6-12(16)8-14(18)7-11/h2-8H,9,18H2,1H3. The van der Waals surface area contributed by atoms with Crippen LogP contribution >= 0.6 is 27.5 Å². The lowest BCUT2D eigenvalue weighted by Crippen LogP contribution is -2.26. The van der Waals surface area contributed by atoms with E-state index in [2.05, 4.69) is 15.9 Å². The summed E-state index contributed by atoms with van der Waals surface area (Å²) in [6.45, 7) is 0.492. The van der Waals surface area contributed by atoms with E-state index >= 15 is 0 Å². The first-order chi connectivity index (χ1) is 9.45. The van der Waals surface area contributed by atoms with Crippen LogP contribution in [-0.4, -0.2) is 17.9 Å². The van der Waals surface area contributed by atoms with Gasteiger partial charge in [0.25, 0.3) is 5.91 Å². The van der Waals surface area contributed by atoms with Crippen LogP contribution in [0.4, 0.5) is 5.69 Å². The number of carbonyl (C=O) groups is 1. The minimum atomic E-state index is -0.0852. The SMILES string of the molecule is CN(Cc1cccc(Cl)c1)C(=O)c1cc(N)cc(Br)c1. The molecule has 0 saturated heterocycles. The highest BCUT2D eigenvalue weighted by atomic mass is 79.9. The molecule has 5 heteroatoms. The molecule has 0 unspecified atom stereocenters. The average Bonchev–Trinajstić information content (AvgIpc) is 2.36. The number of carbonyl (C=O) groups excluding carboxylic acids is 1. The quantitative estimate of drug-likeness (QED) is 0.849. The molecule has 1 amide bonds. The second-order valence-electron chi connectivity index (χ2n) is 4.56. The van der Waals surface area contributed by atoms with E-state index < -0.39 is 0 Å². The summed E-state index contributed by atoms with van der Waals surface area (Å²) >= 11 is 9.28. The summed E-state index contributed by atoms with van der Waals surface area (Å²) in [4.78, 5) is 14.0. The lowest BCUT2D eigenvalue weighted by Gasteiger charge is -2.18. The summed E-state index contributed by atoms with van der Waals surface area (Å²) in [7, 11) is 1.75. The molecule has 0 aromatic heterocycles. The van der Waals surface area contributed by atoms with Gasteiger partial charge in [0, 0.05) is 34.3 Å². The molecule has 0 aliphatic heterocycles. The summed E-state index contributed by atoms with van der Waals surface area (Å²) in [6.07, 6.45) is 0. The lowest BCUT2D eigenvalue weighted by atomic mass is 10.1. The van der Waals surface area contributed by atoms with E-state index in [0.717, 1.165) is 10.0 Å². The fourth-order valence-corrected chi connectivity index (χ4v) is 2.66. The third kappa shape index (κ3) is 3.74. The second-order valence-corrected chi connectivity index (χ2v) is 5.92. The number of rotatable bonds is 3. The van der Waals surface area contributed by atoms with Crippen LogP contribution in [0.25, 0.3) is 0 Å². The van der Waals surface area contributed by atoms with Gasteiger partial charge in [-0.15, -0.1) is 0 Å². The predicted octanol–water partition coefficient (Wildman–Crippen LogP) is 3.96. The maximum atomic E-state index is 12.4. The maximum absolute atomic E-state index is 12.4. The van der Waals surface area contributed by atoms with Crippen molar-refractivity contribution in [2.75, 3.05) is 12.8 Å². The van der Waals surface area contributed by atoms with Crippen molar-refractivity contribution in [2.24, 2.45) is 0 Å². The number of amides is 1. The Bertz CT molecular complexity index is 625. The molecule has 20 heavy (non-hydrogen) atoms. The fraction of sp³-hybridized carbons (Fsp3) is 0.133. The summed E-state index contributed by atoms with van der Waals surface area (Å²) in [5.74, 6) is -0.0852. The summed E-state index contributed by atoms with van der Waals surface area (Å²) in [6, 6.07) is 12.6. The van der Waals surface area contributed by atoms with Crippen LogP contribution in [0.5, 0.6) is 0 Å². The largest absolute Gasteiger partial charge is 0.399 e. The number of hydrogen-bond donors (Lipinski definition) is 1. The fourth-order valence-electron chi connectivity index (χ4n) is 1.94. The van der Waals surface area contributed by atoms with E-state index in [1.54, 1.807) is 30.1 Å². The van der Waals surface area contributed by atoms with Crippen molar-refractivity contribution in [1.82, 2.24) is 4.90 Å². The lowest BCUT2D eigenvalue weighted by molar-refractivity contribution is 0.0785. The molecule has 2 N–H and O–H groups in total. The molecule has 0 spiro atoms. The zero-order chi connectivity index (χ0) is 14.7. The van der Waals surface area contributed by atoms with Crippen LogP contribution in [0.15, 0.2) is 46.9 Å². The molecule has 2 aromatic rings. The Kier molecular flexibility index (Phi) is 4.68. The average molecular weight is 354 g/mol. The van der Waals surface area contributed by atoms with Crippen molar-refractivity contribution in [3.05, 3.63) is 63.1 Å². The Labute approximate surface area is 131 Å². The van der Waals surface area contributed by atoms with Crippen molar-refractivity contribution in [1.29, 1.82) is 0 Å². The van der Waals surface area contributed by atoms with Gasteiger partial charge in [-0.2, -0.15) is 0 Å². The van der Waals surface area contributed by atoms with Gasteiger partial charge in [0.1, 0.15) is 0 Å². The number of nitrogens with zero attached hydrogens (tertiary/aromatic N) is 1. The first-order valence-corrected chi connectivity index (χ1v) is 7.19. The van der Waals surface area contributed by atoms with Crippen LogP contribution < -0.4 is 5.73 Å². The van der Waals surface area contributed by atoms with E-state index in [0.29, 0.717) is 22.8 Å². The Morgan fingerprint density at radius 3 is 2.70 bits per heavy atom. The van der Waals surface area contributed by atoms with E-state index in [1.807, 2.05) is 24.3 Å². The number of nitrogen functional groups attached to an aromatic ring is 1. The third-order valence-electron chi connectivity index (χ3n) is 2.82. The highest BCUT2D eigenvalue weighted by Crippen LogP contribution is 2.19. The van der Waals surface area contributed by atoms with Gasteiger partial charge < -0.3 is 10.6 Å². The van der Waals surface area contributed by atoms with E-state index in [-0.39, 0.29) is 5.91 Å². The number of nitrogens with two attached hydrogens (primary N) is 1. The van der Waals surface area contributed by atoms with Gasteiger partial charge >= 0.3 is 0 Å². The highest BCUT2D eigenvalue weighted by molar-refractivity contribution is 9.10. The molecule has 0 aliphatic carbocycles. The zero-order valence-corrected chi connectivity index (χ0v) is 13.3. The second kappa shape index (κ2) is 6.29. The van der Waals surface area contributed by atoms with Gasteiger partial charge in [0.05, 0.1) is 0 Å². The molecule has 0 heterocycles. The number of halogens is 2. The number of hydrogen-bond acceptors (Lipinski definition) is 2. The Morgan fingerprint density at radius 1 is 1.30 bits per heavy atom. The van der Waals surface area contributed by atoms with E-state index in [9.17, 15) is 4.79 Å². The first kappa shape index (κ1) is 14.9. The van der Waals surface area contributed by atoms with E-state index in [1.165, 1.54) is 0 Å². The minimum absolute atomic E-state index is 0.0852. The number of anilines is 1. The molecular weight excluding hydrogens is 340 g/mol. The molecule has 104 valence electrons. The van der Waals surface area contributed by atoms with Crippen molar-refractivity contribution in [2.45, 2.75) is 6.54 Å². The van der Waals surface area contributed by atoms with Gasteiger partial charge in [-0.1, -0.05) is 39.7 Å². The summed E-state index contributed by atoms with van der Waals surface area (Å²) in [5.41, 5.74) is 7.85. The molecular formula is C15H14BrClN2O. The monoisotopic (exact) mass is 352 g/mol. The predicted molar refractivity (Wildman–Crippen MR) is 85.8 cm³/mol.